The van der Waals surface area contributed by atoms with Gasteiger partial charge in [-0.25, -0.2) is 0 Å². The minimum atomic E-state index is 0.199. The summed E-state index contributed by atoms with van der Waals surface area (Å²) in [5, 5.41) is 7.13. The lowest BCUT2D eigenvalue weighted by molar-refractivity contribution is -0.106. The maximum absolute atomic E-state index is 5.87. The molecule has 0 spiro atoms. The van der Waals surface area contributed by atoms with Crippen molar-refractivity contribution in [3.8, 4) is 0 Å². The highest BCUT2D eigenvalue weighted by Gasteiger charge is 2.59. The van der Waals surface area contributed by atoms with E-state index in [4.69, 9.17) is 4.74 Å². The lowest BCUT2D eigenvalue weighted by Gasteiger charge is -2.54. The quantitative estimate of drug-likeness (QED) is 0.477. The van der Waals surface area contributed by atoms with Crippen molar-refractivity contribution in [2.75, 3.05) is 20.2 Å². The first-order valence-corrected chi connectivity index (χ1v) is 8.89. The van der Waals surface area contributed by atoms with Crippen LogP contribution >= 0.6 is 0 Å². The minimum absolute atomic E-state index is 0.199. The number of hydrogen-bond donors (Lipinski definition) is 2. The van der Waals surface area contributed by atoms with Gasteiger partial charge in [0.05, 0.1) is 6.10 Å². The molecule has 0 aromatic rings. The van der Waals surface area contributed by atoms with Gasteiger partial charge >= 0.3 is 0 Å². The van der Waals surface area contributed by atoms with Crippen LogP contribution in [0.15, 0.2) is 16.6 Å². The minimum Gasteiger partial charge on any atom is -0.377 e. The molecule has 4 heteroatoms. The standard InChI is InChI=1S/C18H31N3O/c1-18(2)15(14-10-12-22-16(14)18)21-17(19-3)20-11-9-13-7-5-4-6-8-13/h7,14-16H,4-6,8-12H2,1-3H3,(H2,19,20,21). The molecule has 2 fully saturated rings. The van der Waals surface area contributed by atoms with E-state index in [9.17, 15) is 0 Å². The van der Waals surface area contributed by atoms with E-state index >= 15 is 0 Å². The van der Waals surface area contributed by atoms with Gasteiger partial charge in [-0.1, -0.05) is 25.5 Å². The van der Waals surface area contributed by atoms with Gasteiger partial charge in [-0.05, 0) is 38.5 Å². The van der Waals surface area contributed by atoms with Crippen LogP contribution < -0.4 is 10.6 Å². The molecule has 3 unspecified atom stereocenters. The molecule has 4 nitrogen and oxygen atoms in total. The molecule has 0 aromatic heterocycles. The number of allylic oxidation sites excluding steroid dienone is 1. The third-order valence-electron chi connectivity index (χ3n) is 5.74. The van der Waals surface area contributed by atoms with E-state index in [-0.39, 0.29) is 5.41 Å². The van der Waals surface area contributed by atoms with E-state index in [2.05, 4.69) is 35.5 Å². The molecule has 0 amide bonds. The molecule has 3 atom stereocenters. The van der Waals surface area contributed by atoms with Gasteiger partial charge in [0.2, 0.25) is 0 Å². The molecule has 0 aromatic carbocycles. The smallest absolute Gasteiger partial charge is 0.191 e. The van der Waals surface area contributed by atoms with Crippen molar-refractivity contribution < 1.29 is 4.74 Å². The number of nitrogens with one attached hydrogen (secondary N) is 2. The summed E-state index contributed by atoms with van der Waals surface area (Å²) >= 11 is 0. The molecule has 1 heterocycles. The molecule has 1 aliphatic heterocycles. The highest BCUT2D eigenvalue weighted by molar-refractivity contribution is 5.80. The van der Waals surface area contributed by atoms with Crippen molar-refractivity contribution in [2.45, 2.75) is 64.5 Å². The zero-order valence-electron chi connectivity index (χ0n) is 14.3. The van der Waals surface area contributed by atoms with Crippen LogP contribution in [0, 0.1) is 11.3 Å². The normalized spacial score (nSPS) is 33.7. The highest BCUT2D eigenvalue weighted by Crippen LogP contribution is 2.52. The molecule has 124 valence electrons. The first kappa shape index (κ1) is 15.9. The molecule has 2 aliphatic carbocycles. The second kappa shape index (κ2) is 6.61. The summed E-state index contributed by atoms with van der Waals surface area (Å²) in [6.07, 6.45) is 10.4. The van der Waals surface area contributed by atoms with Crippen molar-refractivity contribution in [3.05, 3.63) is 11.6 Å². The van der Waals surface area contributed by atoms with Gasteiger partial charge in [0.25, 0.3) is 0 Å². The number of guanidine groups is 1. The zero-order chi connectivity index (χ0) is 15.6. The second-order valence-electron chi connectivity index (χ2n) is 7.54. The topological polar surface area (TPSA) is 45.7 Å². The summed E-state index contributed by atoms with van der Waals surface area (Å²) in [6.45, 7) is 6.49. The lowest BCUT2D eigenvalue weighted by atomic mass is 9.57. The zero-order valence-corrected chi connectivity index (χ0v) is 14.3. The number of aliphatic imine (C=N–C) groups is 1. The Labute approximate surface area is 134 Å². The summed E-state index contributed by atoms with van der Waals surface area (Å²) in [5.41, 5.74) is 1.81. The van der Waals surface area contributed by atoms with Crippen molar-refractivity contribution in [1.82, 2.24) is 10.6 Å². The average Bonchev–Trinajstić information content (AvgIpc) is 2.98. The molecule has 0 bridgehead atoms. The van der Waals surface area contributed by atoms with Crippen molar-refractivity contribution in [1.29, 1.82) is 0 Å². The fraction of sp³-hybridized carbons (Fsp3) is 0.833. The Morgan fingerprint density at radius 1 is 1.41 bits per heavy atom. The predicted molar refractivity (Wildman–Crippen MR) is 91.1 cm³/mol. The van der Waals surface area contributed by atoms with Crippen LogP contribution in [-0.2, 0) is 4.74 Å². The van der Waals surface area contributed by atoms with Crippen LogP contribution in [0.4, 0.5) is 0 Å². The van der Waals surface area contributed by atoms with Crippen LogP contribution in [0.25, 0.3) is 0 Å². The van der Waals surface area contributed by atoms with E-state index in [0.29, 0.717) is 18.1 Å². The van der Waals surface area contributed by atoms with Crippen LogP contribution in [0.3, 0.4) is 0 Å². The monoisotopic (exact) mass is 305 g/mol. The van der Waals surface area contributed by atoms with Crippen molar-refractivity contribution in [3.63, 3.8) is 0 Å². The second-order valence-corrected chi connectivity index (χ2v) is 7.54. The van der Waals surface area contributed by atoms with Gasteiger partial charge in [0, 0.05) is 37.6 Å². The van der Waals surface area contributed by atoms with E-state index in [1.807, 2.05) is 7.05 Å². The van der Waals surface area contributed by atoms with Gasteiger partial charge in [-0.3, -0.25) is 4.99 Å². The van der Waals surface area contributed by atoms with Crippen LogP contribution in [-0.4, -0.2) is 38.3 Å². The Balaban J connectivity index is 1.47. The highest BCUT2D eigenvalue weighted by atomic mass is 16.5. The SMILES string of the molecule is CN=C(NCCC1=CCCCC1)NC1C2CCOC2C1(C)C. The number of fused-ring (bicyclic) bond motifs is 1. The Kier molecular flexibility index (Phi) is 4.76. The lowest BCUT2D eigenvalue weighted by Crippen LogP contribution is -2.67. The van der Waals surface area contributed by atoms with Crippen LogP contribution in [0.1, 0.15) is 52.4 Å². The Morgan fingerprint density at radius 3 is 3.00 bits per heavy atom. The number of rotatable bonds is 4. The van der Waals surface area contributed by atoms with Crippen LogP contribution in [0.2, 0.25) is 0 Å². The van der Waals surface area contributed by atoms with Gasteiger partial charge in [0.15, 0.2) is 5.96 Å². The van der Waals surface area contributed by atoms with E-state index < -0.39 is 0 Å². The third-order valence-corrected chi connectivity index (χ3v) is 5.74. The fourth-order valence-corrected chi connectivity index (χ4v) is 4.43. The van der Waals surface area contributed by atoms with Crippen LogP contribution in [0.5, 0.6) is 0 Å². The summed E-state index contributed by atoms with van der Waals surface area (Å²) in [4.78, 5) is 4.41. The van der Waals surface area contributed by atoms with Gasteiger partial charge in [-0.2, -0.15) is 0 Å². The van der Waals surface area contributed by atoms with Gasteiger partial charge in [-0.15, -0.1) is 0 Å². The Hall–Kier alpha value is -1.03. The van der Waals surface area contributed by atoms with E-state index in [1.165, 1.54) is 32.1 Å². The number of hydrogen-bond acceptors (Lipinski definition) is 2. The molecule has 3 rings (SSSR count). The predicted octanol–water partition coefficient (Wildman–Crippen LogP) is 2.86. The number of ether oxygens (including phenoxy) is 1. The summed E-state index contributed by atoms with van der Waals surface area (Å²) in [6, 6.07) is 0.472. The third kappa shape index (κ3) is 3.03. The average molecular weight is 305 g/mol. The van der Waals surface area contributed by atoms with Gasteiger partial charge in [0.1, 0.15) is 0 Å². The molecule has 2 N–H and O–H groups in total. The van der Waals surface area contributed by atoms with E-state index in [1.54, 1.807) is 5.57 Å². The molecule has 3 aliphatic rings. The maximum atomic E-state index is 5.87. The first-order chi connectivity index (χ1) is 10.6. The molecule has 0 radical (unpaired) electrons. The molecular weight excluding hydrogens is 274 g/mol. The number of nitrogens with zero attached hydrogens (tertiary/aromatic N) is 1. The molecule has 1 saturated carbocycles. The fourth-order valence-electron chi connectivity index (χ4n) is 4.43. The maximum Gasteiger partial charge on any atom is 0.191 e. The largest absolute Gasteiger partial charge is 0.377 e. The molecule has 22 heavy (non-hydrogen) atoms. The van der Waals surface area contributed by atoms with Crippen molar-refractivity contribution in [2.24, 2.45) is 16.3 Å². The van der Waals surface area contributed by atoms with Crippen molar-refractivity contribution >= 4 is 5.96 Å². The Bertz CT molecular complexity index is 455. The van der Waals surface area contributed by atoms with E-state index in [0.717, 1.165) is 25.5 Å². The molecule has 1 saturated heterocycles. The Morgan fingerprint density at radius 2 is 2.27 bits per heavy atom. The summed E-state index contributed by atoms with van der Waals surface area (Å²) in [5.74, 6) is 1.59. The molecular formula is C18H31N3O. The first-order valence-electron chi connectivity index (χ1n) is 8.89. The summed E-state index contributed by atoms with van der Waals surface area (Å²) in [7, 11) is 1.86. The summed E-state index contributed by atoms with van der Waals surface area (Å²) < 4.78 is 5.87. The van der Waals surface area contributed by atoms with Gasteiger partial charge < -0.3 is 15.4 Å².